The zero-order chi connectivity index (χ0) is 18.6. The minimum Gasteiger partial charge on any atom is -0.493 e. The topological polar surface area (TPSA) is 22.1 Å². The predicted molar refractivity (Wildman–Crippen MR) is 114 cm³/mol. The fourth-order valence-corrected chi connectivity index (χ4v) is 4.74. The van der Waals surface area contributed by atoms with Gasteiger partial charge in [-0.25, -0.2) is 4.98 Å². The van der Waals surface area contributed by atoms with E-state index in [2.05, 4.69) is 68.5 Å². The van der Waals surface area contributed by atoms with Gasteiger partial charge in [0.05, 0.1) is 12.3 Å². The number of allylic oxidation sites excluding steroid dienone is 2. The Morgan fingerprint density at radius 3 is 2.85 bits per heavy atom. The van der Waals surface area contributed by atoms with Crippen LogP contribution in [0.4, 0.5) is 0 Å². The summed E-state index contributed by atoms with van der Waals surface area (Å²) in [5, 5.41) is 1.09. The molecule has 0 fully saturated rings. The lowest BCUT2D eigenvalue weighted by atomic mass is 10.0. The normalized spacial score (nSPS) is 16.0. The quantitative estimate of drug-likeness (QED) is 0.469. The minimum absolute atomic E-state index is 0.577. The molecule has 138 valence electrons. The number of benzene rings is 2. The lowest BCUT2D eigenvalue weighted by Crippen LogP contribution is -2.03. The van der Waals surface area contributed by atoms with Crippen molar-refractivity contribution in [1.29, 1.82) is 0 Å². The first kappa shape index (κ1) is 18.0. The van der Waals surface area contributed by atoms with Gasteiger partial charge in [0.2, 0.25) is 0 Å². The molecule has 0 radical (unpaired) electrons. The Labute approximate surface area is 165 Å². The molecule has 0 spiro atoms. The molecule has 1 unspecified atom stereocenters. The number of thiazole rings is 1. The van der Waals surface area contributed by atoms with E-state index in [0.717, 1.165) is 29.3 Å². The first-order chi connectivity index (χ1) is 13.2. The fourth-order valence-electron chi connectivity index (χ4n) is 3.78. The van der Waals surface area contributed by atoms with Crippen LogP contribution in [0.2, 0.25) is 0 Å². The zero-order valence-electron chi connectivity index (χ0n) is 15.9. The Hall–Kier alpha value is -2.39. The Morgan fingerprint density at radius 1 is 1.19 bits per heavy atom. The monoisotopic (exact) mass is 375 g/mol. The van der Waals surface area contributed by atoms with E-state index in [1.807, 2.05) is 6.07 Å². The van der Waals surface area contributed by atoms with Gasteiger partial charge in [0.15, 0.2) is 0 Å². The third kappa shape index (κ3) is 3.98. The molecule has 1 aromatic heterocycles. The molecule has 4 rings (SSSR count). The Bertz CT molecular complexity index is 942. The minimum atomic E-state index is 0.577. The first-order valence-electron chi connectivity index (χ1n) is 9.65. The van der Waals surface area contributed by atoms with Crippen LogP contribution in [0.3, 0.4) is 0 Å². The predicted octanol–water partition coefficient (Wildman–Crippen LogP) is 6.35. The molecule has 27 heavy (non-hydrogen) atoms. The second-order valence-corrected chi connectivity index (χ2v) is 8.22. The maximum absolute atomic E-state index is 6.05. The second-order valence-electron chi connectivity index (χ2n) is 7.02. The van der Waals surface area contributed by atoms with Gasteiger partial charge in [-0.2, -0.15) is 0 Å². The van der Waals surface area contributed by atoms with Crippen molar-refractivity contribution in [2.24, 2.45) is 0 Å². The summed E-state index contributed by atoms with van der Waals surface area (Å²) >= 11 is 1.76. The van der Waals surface area contributed by atoms with Gasteiger partial charge in [0.25, 0.3) is 0 Å². The molecule has 1 heterocycles. The van der Waals surface area contributed by atoms with Gasteiger partial charge < -0.3 is 4.74 Å². The molecule has 3 heteroatoms. The summed E-state index contributed by atoms with van der Waals surface area (Å²) in [6.07, 6.45) is 7.66. The number of aryl methyl sites for hydroxylation is 2. The largest absolute Gasteiger partial charge is 0.493 e. The van der Waals surface area contributed by atoms with Crippen molar-refractivity contribution in [3.05, 3.63) is 82.4 Å². The maximum atomic E-state index is 6.05. The van der Waals surface area contributed by atoms with Gasteiger partial charge >= 0.3 is 0 Å². The van der Waals surface area contributed by atoms with Crippen molar-refractivity contribution in [2.75, 3.05) is 6.61 Å². The lowest BCUT2D eigenvalue weighted by Gasteiger charge is -2.09. The summed E-state index contributed by atoms with van der Waals surface area (Å²) in [7, 11) is 0. The highest BCUT2D eigenvalue weighted by molar-refractivity contribution is 7.15. The average Bonchev–Trinajstić information content (AvgIpc) is 3.26. The van der Waals surface area contributed by atoms with E-state index in [4.69, 9.17) is 9.72 Å². The van der Waals surface area contributed by atoms with Crippen molar-refractivity contribution in [3.8, 4) is 16.3 Å². The number of fused-ring (bicyclic) bond motifs is 1. The van der Waals surface area contributed by atoms with E-state index < -0.39 is 0 Å². The SMILES string of the molecule is CC=CC1CCc2cc(OCCc3nc(-c4ccccc4)sc3C)ccc21. The number of hydrogen-bond donors (Lipinski definition) is 0. The van der Waals surface area contributed by atoms with Crippen LogP contribution in [0.25, 0.3) is 10.6 Å². The van der Waals surface area contributed by atoms with Crippen LogP contribution in [-0.2, 0) is 12.8 Å². The summed E-state index contributed by atoms with van der Waals surface area (Å²) in [6.45, 7) is 4.91. The molecular formula is C24H25NOS. The molecular weight excluding hydrogens is 350 g/mol. The van der Waals surface area contributed by atoms with E-state index in [0.29, 0.717) is 12.5 Å². The van der Waals surface area contributed by atoms with Gasteiger partial charge in [-0.1, -0.05) is 48.6 Å². The summed E-state index contributed by atoms with van der Waals surface area (Å²) in [5.41, 5.74) is 5.23. The molecule has 1 aliphatic carbocycles. The standard InChI is InChI=1S/C24H25NOS/c1-3-7-18-10-11-20-16-21(12-13-22(18)20)26-15-14-23-17(2)27-24(25-23)19-8-5-4-6-9-19/h3-9,12-13,16,18H,10-11,14-15H2,1-2H3. The summed E-state index contributed by atoms with van der Waals surface area (Å²) in [4.78, 5) is 6.11. The Morgan fingerprint density at radius 2 is 2.04 bits per heavy atom. The molecule has 1 aliphatic rings. The highest BCUT2D eigenvalue weighted by Crippen LogP contribution is 2.36. The van der Waals surface area contributed by atoms with Gasteiger partial charge in [-0.3, -0.25) is 0 Å². The second kappa shape index (κ2) is 8.10. The third-order valence-electron chi connectivity index (χ3n) is 5.18. The third-order valence-corrected chi connectivity index (χ3v) is 6.25. The van der Waals surface area contributed by atoms with Crippen molar-refractivity contribution < 1.29 is 4.74 Å². The highest BCUT2D eigenvalue weighted by atomic mass is 32.1. The highest BCUT2D eigenvalue weighted by Gasteiger charge is 2.20. The number of aromatic nitrogens is 1. The van der Waals surface area contributed by atoms with Crippen LogP contribution in [0.5, 0.6) is 5.75 Å². The summed E-state index contributed by atoms with van der Waals surface area (Å²) < 4.78 is 6.05. The van der Waals surface area contributed by atoms with Crippen molar-refractivity contribution in [3.63, 3.8) is 0 Å². The molecule has 0 N–H and O–H groups in total. The van der Waals surface area contributed by atoms with Crippen molar-refractivity contribution >= 4 is 11.3 Å². The summed E-state index contributed by atoms with van der Waals surface area (Å²) in [6, 6.07) is 17.0. The molecule has 3 aromatic rings. The number of nitrogens with zero attached hydrogens (tertiary/aromatic N) is 1. The van der Waals surface area contributed by atoms with E-state index >= 15 is 0 Å². The van der Waals surface area contributed by atoms with E-state index in [9.17, 15) is 0 Å². The average molecular weight is 376 g/mol. The molecule has 0 aliphatic heterocycles. The Kier molecular flexibility index (Phi) is 5.40. The van der Waals surface area contributed by atoms with Crippen LogP contribution >= 0.6 is 11.3 Å². The molecule has 0 saturated heterocycles. The van der Waals surface area contributed by atoms with Crippen LogP contribution in [0.15, 0.2) is 60.7 Å². The first-order valence-corrected chi connectivity index (χ1v) is 10.5. The van der Waals surface area contributed by atoms with Crippen molar-refractivity contribution in [1.82, 2.24) is 4.98 Å². The van der Waals surface area contributed by atoms with E-state index in [1.165, 1.54) is 28.0 Å². The van der Waals surface area contributed by atoms with E-state index in [1.54, 1.807) is 11.3 Å². The zero-order valence-corrected chi connectivity index (χ0v) is 16.8. The lowest BCUT2D eigenvalue weighted by molar-refractivity contribution is 0.320. The van der Waals surface area contributed by atoms with Gasteiger partial charge in [0.1, 0.15) is 10.8 Å². The Balaban J connectivity index is 1.39. The maximum Gasteiger partial charge on any atom is 0.123 e. The van der Waals surface area contributed by atoms with Crippen LogP contribution in [-0.4, -0.2) is 11.6 Å². The van der Waals surface area contributed by atoms with Crippen LogP contribution in [0.1, 0.15) is 41.0 Å². The number of rotatable bonds is 6. The number of ether oxygens (including phenoxy) is 1. The molecule has 1 atom stereocenters. The molecule has 0 saturated carbocycles. The molecule has 2 aromatic carbocycles. The van der Waals surface area contributed by atoms with Gasteiger partial charge in [-0.05, 0) is 49.9 Å². The number of hydrogen-bond acceptors (Lipinski definition) is 3. The molecule has 0 amide bonds. The van der Waals surface area contributed by atoms with Gasteiger partial charge in [-0.15, -0.1) is 11.3 Å². The van der Waals surface area contributed by atoms with Crippen LogP contribution < -0.4 is 4.74 Å². The fraction of sp³-hybridized carbons (Fsp3) is 0.292. The van der Waals surface area contributed by atoms with Crippen molar-refractivity contribution in [2.45, 2.75) is 39.0 Å². The van der Waals surface area contributed by atoms with Crippen LogP contribution in [0, 0.1) is 6.92 Å². The molecule has 2 nitrogen and oxygen atoms in total. The van der Waals surface area contributed by atoms with E-state index in [-0.39, 0.29) is 0 Å². The van der Waals surface area contributed by atoms with Gasteiger partial charge in [0, 0.05) is 22.8 Å². The summed E-state index contributed by atoms with van der Waals surface area (Å²) in [5.74, 6) is 1.55. The molecule has 0 bridgehead atoms. The smallest absolute Gasteiger partial charge is 0.123 e.